The summed E-state index contributed by atoms with van der Waals surface area (Å²) < 4.78 is 22.0. The fourth-order valence-corrected chi connectivity index (χ4v) is 0.319. The maximum atomic E-state index is 11.1. The van der Waals surface area contributed by atoms with Crippen molar-refractivity contribution in [3.63, 3.8) is 0 Å². The van der Waals surface area contributed by atoms with Crippen LogP contribution in [0.5, 0.6) is 0 Å². The first-order valence-corrected chi connectivity index (χ1v) is 2.45. The second kappa shape index (κ2) is 4.37. The molecule has 0 spiro atoms. The molecule has 0 radical (unpaired) electrons. The minimum Gasteiger partial charge on any atom is -0.250 e. The van der Waals surface area contributed by atoms with Gasteiger partial charge in [-0.1, -0.05) is 0 Å². The van der Waals surface area contributed by atoms with Crippen LogP contribution in [0.15, 0.2) is 11.6 Å². The van der Waals surface area contributed by atoms with E-state index < -0.39 is 17.5 Å². The maximum Gasteiger partial charge on any atom is 0.375 e. The van der Waals surface area contributed by atoms with E-state index in [0.29, 0.717) is 6.08 Å². The van der Waals surface area contributed by atoms with Gasteiger partial charge in [-0.25, -0.2) is 14.5 Å². The number of hydrogen-bond donors (Lipinski definition) is 0. The average Bonchev–Trinajstić information content (AvgIpc) is 2.02. The van der Waals surface area contributed by atoms with Crippen LogP contribution < -0.4 is 0 Å². The third kappa shape index (κ3) is 3.29. The highest BCUT2D eigenvalue weighted by molar-refractivity contribution is 5.95. The predicted octanol–water partition coefficient (Wildman–Crippen LogP) is 0.788. The van der Waals surface area contributed by atoms with Crippen molar-refractivity contribution in [1.82, 2.24) is 0 Å². The Hall–Kier alpha value is -1.46. The van der Waals surface area contributed by atoms with Crippen LogP contribution in [0.1, 0.15) is 6.92 Å². The molecular weight excluding hydrogens is 162 g/mol. The number of hydrogen-bond acceptors (Lipinski definition) is 4. The van der Waals surface area contributed by atoms with Gasteiger partial charge >= 0.3 is 11.9 Å². The normalized spacial score (nSPS) is 10.6. The molecule has 0 aromatic heterocycles. The van der Waals surface area contributed by atoms with Crippen molar-refractivity contribution >= 4 is 11.9 Å². The smallest absolute Gasteiger partial charge is 0.250 e. The first-order chi connectivity index (χ1) is 5.11. The van der Waals surface area contributed by atoms with Crippen LogP contribution in [0.25, 0.3) is 0 Å². The van der Waals surface area contributed by atoms with E-state index >= 15 is 0 Å². The van der Waals surface area contributed by atoms with E-state index in [1.165, 1.54) is 0 Å². The lowest BCUT2D eigenvalue weighted by Crippen LogP contribution is -2.02. The van der Waals surface area contributed by atoms with Crippen LogP contribution >= 0.6 is 0 Å². The fraction of sp³-hybridized carbons (Fsp3) is 0.200. The van der Waals surface area contributed by atoms with Crippen LogP contribution in [0.2, 0.25) is 0 Å². The Morgan fingerprint density at radius 2 is 1.82 bits per heavy atom. The number of rotatable bonds is 2. The van der Waals surface area contributed by atoms with E-state index in [9.17, 15) is 18.6 Å². The monoisotopic (exact) mass is 166 g/mol. The van der Waals surface area contributed by atoms with Crippen molar-refractivity contribution in [2.45, 2.75) is 6.92 Å². The topological polar surface area (TPSA) is 52.6 Å². The molecule has 62 valence electrons. The molecule has 0 atom stereocenters. The quantitative estimate of drug-likeness (QED) is 0.569. The van der Waals surface area contributed by atoms with E-state index in [-0.39, 0.29) is 0 Å². The van der Waals surface area contributed by atoms with Crippen molar-refractivity contribution < 1.29 is 28.5 Å². The van der Waals surface area contributed by atoms with Gasteiger partial charge in [-0.2, -0.15) is 0 Å². The summed E-state index contributed by atoms with van der Waals surface area (Å²) in [7, 11) is 0. The van der Waals surface area contributed by atoms with Gasteiger partial charge in [0, 0.05) is 20.7 Å². The Morgan fingerprint density at radius 1 is 1.27 bits per heavy atom. The summed E-state index contributed by atoms with van der Waals surface area (Å²) in [6.07, 6.45) is 0.460. The first kappa shape index (κ1) is 9.54. The second-order valence-corrected chi connectivity index (χ2v) is 1.59. The molecule has 0 saturated carbocycles. The minimum absolute atomic E-state index is 0.393. The van der Waals surface area contributed by atoms with Gasteiger partial charge in [0.25, 0.3) is 0 Å². The van der Waals surface area contributed by atoms with Gasteiger partial charge in [-0.15, -0.1) is 0 Å². The Balaban J connectivity index is 4.21. The molecule has 0 N–H and O–H groups in total. The lowest BCUT2D eigenvalue weighted by Gasteiger charge is -1.90. The lowest BCUT2D eigenvalue weighted by atomic mass is 10.3. The third-order valence-corrected chi connectivity index (χ3v) is 0.802. The Bertz CT molecular complexity index is 199. The SMILES string of the molecule is CC(=CC(=O)OF)C(=O)OF. The molecule has 0 aromatic carbocycles. The van der Waals surface area contributed by atoms with Crippen molar-refractivity contribution in [2.24, 2.45) is 0 Å². The molecule has 0 saturated heterocycles. The zero-order valence-corrected chi connectivity index (χ0v) is 5.47. The van der Waals surface area contributed by atoms with Crippen molar-refractivity contribution in [2.75, 3.05) is 0 Å². The molecule has 0 heterocycles. The highest BCUT2D eigenvalue weighted by atomic mass is 19.3. The van der Waals surface area contributed by atoms with Gasteiger partial charge < -0.3 is 0 Å². The predicted molar refractivity (Wildman–Crippen MR) is 28.2 cm³/mol. The summed E-state index contributed by atoms with van der Waals surface area (Å²) in [5, 5.41) is 0. The van der Waals surface area contributed by atoms with Gasteiger partial charge in [0.1, 0.15) is 0 Å². The number of halogens is 2. The highest BCUT2D eigenvalue weighted by Crippen LogP contribution is 1.97. The summed E-state index contributed by atoms with van der Waals surface area (Å²) in [5.74, 6) is -2.76. The van der Waals surface area contributed by atoms with Gasteiger partial charge in [-0.3, -0.25) is 4.94 Å². The van der Waals surface area contributed by atoms with Crippen LogP contribution in [0.4, 0.5) is 9.05 Å². The molecule has 0 amide bonds. The number of carbonyl (C=O) groups is 2. The van der Waals surface area contributed by atoms with E-state index in [4.69, 9.17) is 0 Å². The third-order valence-electron chi connectivity index (χ3n) is 0.802. The van der Waals surface area contributed by atoms with Crippen LogP contribution in [-0.2, 0) is 19.5 Å². The first-order valence-electron chi connectivity index (χ1n) is 2.45. The molecule has 0 aliphatic carbocycles. The molecule has 0 aromatic rings. The highest BCUT2D eigenvalue weighted by Gasteiger charge is 2.09. The summed E-state index contributed by atoms with van der Waals surface area (Å²) in [6, 6.07) is 0. The fourth-order valence-electron chi connectivity index (χ4n) is 0.319. The molecule has 0 aliphatic heterocycles. The summed E-state index contributed by atoms with van der Waals surface area (Å²) >= 11 is 0. The molecular formula is C5H4F2O4. The van der Waals surface area contributed by atoms with Crippen molar-refractivity contribution in [3.05, 3.63) is 11.6 Å². The Morgan fingerprint density at radius 3 is 2.18 bits per heavy atom. The van der Waals surface area contributed by atoms with Gasteiger partial charge in [0.15, 0.2) is 0 Å². The molecule has 0 bridgehead atoms. The molecule has 0 fully saturated rings. The van der Waals surface area contributed by atoms with Gasteiger partial charge in [-0.05, 0) is 6.92 Å². The van der Waals surface area contributed by atoms with Gasteiger partial charge in [0.05, 0.1) is 0 Å². The maximum absolute atomic E-state index is 11.1. The standard InChI is InChI=1S/C5H4F2O4/c1-3(5(9)11-7)2-4(8)10-6/h2H,1H3. The molecule has 0 aliphatic rings. The lowest BCUT2D eigenvalue weighted by molar-refractivity contribution is -0.180. The second-order valence-electron chi connectivity index (χ2n) is 1.59. The molecule has 0 rings (SSSR count). The summed E-state index contributed by atoms with van der Waals surface area (Å²) in [6.45, 7) is 1.07. The van der Waals surface area contributed by atoms with Gasteiger partial charge in [0.2, 0.25) is 0 Å². The molecule has 4 nitrogen and oxygen atoms in total. The van der Waals surface area contributed by atoms with E-state index in [1.807, 2.05) is 0 Å². The van der Waals surface area contributed by atoms with E-state index in [2.05, 4.69) is 9.88 Å². The van der Waals surface area contributed by atoms with E-state index in [0.717, 1.165) is 6.92 Å². The minimum atomic E-state index is -1.40. The molecule has 6 heteroatoms. The Kier molecular flexibility index (Phi) is 3.79. The summed E-state index contributed by atoms with van der Waals surface area (Å²) in [5.41, 5.74) is -0.393. The molecule has 0 unspecified atom stereocenters. The zero-order chi connectivity index (χ0) is 8.85. The van der Waals surface area contributed by atoms with Crippen molar-refractivity contribution in [1.29, 1.82) is 0 Å². The van der Waals surface area contributed by atoms with Crippen LogP contribution in [0, 0.1) is 0 Å². The average molecular weight is 166 g/mol. The van der Waals surface area contributed by atoms with Crippen LogP contribution in [0.3, 0.4) is 0 Å². The zero-order valence-electron chi connectivity index (χ0n) is 5.47. The molecule has 11 heavy (non-hydrogen) atoms. The Labute approximate surface area is 60.2 Å². The van der Waals surface area contributed by atoms with Crippen LogP contribution in [-0.4, -0.2) is 11.9 Å². The number of carbonyl (C=O) groups excluding carboxylic acids is 2. The van der Waals surface area contributed by atoms with Crippen molar-refractivity contribution in [3.8, 4) is 0 Å². The van der Waals surface area contributed by atoms with E-state index in [1.54, 1.807) is 0 Å². The summed E-state index contributed by atoms with van der Waals surface area (Å²) in [4.78, 5) is 25.6. The largest absolute Gasteiger partial charge is 0.375 e.